The molecule has 24 heavy (non-hydrogen) atoms. The lowest BCUT2D eigenvalue weighted by atomic mass is 10.1. The normalized spacial score (nSPS) is 12.7. The van der Waals surface area contributed by atoms with Crippen molar-refractivity contribution in [2.45, 2.75) is 17.9 Å². The number of rotatable bonds is 7. The van der Waals surface area contributed by atoms with E-state index < -0.39 is 22.8 Å². The number of aryl methyl sites for hydroxylation is 1. The Balaban J connectivity index is 2.09. The molecule has 2 rings (SSSR count). The van der Waals surface area contributed by atoms with Crippen LogP contribution < -0.4 is 9.47 Å². The Bertz CT molecular complexity index is 783. The van der Waals surface area contributed by atoms with Crippen LogP contribution in [-0.4, -0.2) is 34.4 Å². The Hall–Kier alpha value is -2.09. The first-order valence-electron chi connectivity index (χ1n) is 7.23. The predicted octanol–water partition coefficient (Wildman–Crippen LogP) is 2.45. The molecule has 2 aromatic rings. The minimum absolute atomic E-state index is 0.0487. The van der Waals surface area contributed by atoms with Gasteiger partial charge in [-0.2, -0.15) is 8.42 Å². The molecule has 0 saturated carbocycles. The number of aliphatic hydroxyl groups excluding tert-OH is 1. The Morgan fingerprint density at radius 3 is 2.21 bits per heavy atom. The SMILES string of the molecule is COc1ccc([C@@H](O)COS(=O)(=O)c2ccc(C)cc2)cc1OC. The van der Waals surface area contributed by atoms with Crippen molar-refractivity contribution in [3.63, 3.8) is 0 Å². The highest BCUT2D eigenvalue weighted by atomic mass is 32.2. The maximum atomic E-state index is 12.1. The lowest BCUT2D eigenvalue weighted by Crippen LogP contribution is -2.13. The molecule has 1 atom stereocenters. The van der Waals surface area contributed by atoms with E-state index in [9.17, 15) is 13.5 Å². The molecule has 130 valence electrons. The molecule has 0 unspecified atom stereocenters. The third kappa shape index (κ3) is 4.25. The van der Waals surface area contributed by atoms with Crippen LogP contribution in [0.15, 0.2) is 47.4 Å². The summed E-state index contributed by atoms with van der Waals surface area (Å²) in [4.78, 5) is 0.0487. The van der Waals surface area contributed by atoms with Crippen molar-refractivity contribution < 1.29 is 27.2 Å². The highest BCUT2D eigenvalue weighted by molar-refractivity contribution is 7.86. The van der Waals surface area contributed by atoms with Crippen molar-refractivity contribution in [3.8, 4) is 11.5 Å². The second-order valence-electron chi connectivity index (χ2n) is 5.18. The van der Waals surface area contributed by atoms with Gasteiger partial charge in [0.2, 0.25) is 0 Å². The van der Waals surface area contributed by atoms with Gasteiger partial charge < -0.3 is 14.6 Å². The molecule has 1 N–H and O–H groups in total. The molecule has 0 heterocycles. The van der Waals surface area contributed by atoms with Gasteiger partial charge in [0.1, 0.15) is 6.10 Å². The van der Waals surface area contributed by atoms with E-state index in [4.69, 9.17) is 13.7 Å². The Labute approximate surface area is 141 Å². The summed E-state index contributed by atoms with van der Waals surface area (Å²) in [5, 5.41) is 10.2. The van der Waals surface area contributed by atoms with Crippen LogP contribution >= 0.6 is 0 Å². The van der Waals surface area contributed by atoms with Crippen molar-refractivity contribution in [3.05, 3.63) is 53.6 Å². The molecule has 0 saturated heterocycles. The molecule has 0 amide bonds. The van der Waals surface area contributed by atoms with E-state index in [1.54, 1.807) is 30.3 Å². The van der Waals surface area contributed by atoms with Crippen LogP contribution in [0, 0.1) is 6.92 Å². The fraction of sp³-hybridized carbons (Fsp3) is 0.294. The van der Waals surface area contributed by atoms with E-state index in [2.05, 4.69) is 0 Å². The predicted molar refractivity (Wildman–Crippen MR) is 88.8 cm³/mol. The molecule has 2 aromatic carbocycles. The van der Waals surface area contributed by atoms with E-state index >= 15 is 0 Å². The minimum Gasteiger partial charge on any atom is -0.493 e. The quantitative estimate of drug-likeness (QED) is 0.771. The monoisotopic (exact) mass is 352 g/mol. The van der Waals surface area contributed by atoms with Gasteiger partial charge in [-0.3, -0.25) is 4.18 Å². The lowest BCUT2D eigenvalue weighted by Gasteiger charge is -2.14. The summed E-state index contributed by atoms with van der Waals surface area (Å²) in [6.45, 7) is 1.46. The zero-order chi connectivity index (χ0) is 17.7. The van der Waals surface area contributed by atoms with Crippen molar-refractivity contribution >= 4 is 10.1 Å². The van der Waals surface area contributed by atoms with Crippen LogP contribution in [-0.2, 0) is 14.3 Å². The van der Waals surface area contributed by atoms with Crippen LogP contribution in [0.5, 0.6) is 11.5 Å². The standard InChI is InChI=1S/C17H20O6S/c1-12-4-7-14(8-5-12)24(19,20)23-11-15(18)13-6-9-16(21-2)17(10-13)22-3/h4-10,15,18H,11H2,1-3H3/t15-/m0/s1. The van der Waals surface area contributed by atoms with Gasteiger partial charge in [-0.1, -0.05) is 23.8 Å². The topological polar surface area (TPSA) is 82.1 Å². The second-order valence-corrected chi connectivity index (χ2v) is 6.80. The van der Waals surface area contributed by atoms with Crippen molar-refractivity contribution in [2.75, 3.05) is 20.8 Å². The molecule has 0 spiro atoms. The summed E-state index contributed by atoms with van der Waals surface area (Å²) in [7, 11) is -0.941. The lowest BCUT2D eigenvalue weighted by molar-refractivity contribution is 0.111. The largest absolute Gasteiger partial charge is 0.493 e. The highest BCUT2D eigenvalue weighted by Crippen LogP contribution is 2.30. The summed E-state index contributed by atoms with van der Waals surface area (Å²) in [5.41, 5.74) is 1.41. The van der Waals surface area contributed by atoms with E-state index in [0.717, 1.165) is 5.56 Å². The summed E-state index contributed by atoms with van der Waals surface area (Å²) in [5.74, 6) is 0.956. The Kier molecular flexibility index (Phi) is 5.82. The van der Waals surface area contributed by atoms with Gasteiger partial charge in [-0.05, 0) is 36.8 Å². The van der Waals surface area contributed by atoms with Gasteiger partial charge >= 0.3 is 0 Å². The van der Waals surface area contributed by atoms with Crippen molar-refractivity contribution in [1.29, 1.82) is 0 Å². The molecule has 0 aromatic heterocycles. The van der Waals surface area contributed by atoms with E-state index in [1.807, 2.05) is 6.92 Å². The third-order valence-corrected chi connectivity index (χ3v) is 4.78. The molecular weight excluding hydrogens is 332 g/mol. The first-order valence-corrected chi connectivity index (χ1v) is 8.64. The van der Waals surface area contributed by atoms with Gasteiger partial charge in [0.05, 0.1) is 25.7 Å². The molecule has 0 bridgehead atoms. The first kappa shape index (κ1) is 18.3. The van der Waals surface area contributed by atoms with Gasteiger partial charge in [-0.15, -0.1) is 0 Å². The minimum atomic E-state index is -3.92. The zero-order valence-corrected chi connectivity index (χ0v) is 14.5. The molecule has 0 aliphatic heterocycles. The first-order chi connectivity index (χ1) is 11.4. The summed E-state index contributed by atoms with van der Waals surface area (Å²) < 4.78 is 39.5. The van der Waals surface area contributed by atoms with E-state index in [1.165, 1.54) is 26.4 Å². The Morgan fingerprint density at radius 2 is 1.62 bits per heavy atom. The van der Waals surface area contributed by atoms with E-state index in [0.29, 0.717) is 17.1 Å². The molecule has 0 aliphatic rings. The van der Waals surface area contributed by atoms with E-state index in [-0.39, 0.29) is 4.90 Å². The van der Waals surface area contributed by atoms with Gasteiger partial charge in [0.25, 0.3) is 10.1 Å². The molecule has 7 heteroatoms. The van der Waals surface area contributed by atoms with Crippen LogP contribution in [0.3, 0.4) is 0 Å². The van der Waals surface area contributed by atoms with Crippen molar-refractivity contribution in [2.24, 2.45) is 0 Å². The van der Waals surface area contributed by atoms with Crippen LogP contribution in [0.2, 0.25) is 0 Å². The average molecular weight is 352 g/mol. The van der Waals surface area contributed by atoms with Gasteiger partial charge in [0, 0.05) is 0 Å². The molecule has 6 nitrogen and oxygen atoms in total. The fourth-order valence-electron chi connectivity index (χ4n) is 2.08. The number of aliphatic hydroxyl groups is 1. The van der Waals surface area contributed by atoms with Crippen LogP contribution in [0.4, 0.5) is 0 Å². The van der Waals surface area contributed by atoms with Gasteiger partial charge in [-0.25, -0.2) is 0 Å². The number of benzene rings is 2. The average Bonchev–Trinajstić information content (AvgIpc) is 2.59. The maximum Gasteiger partial charge on any atom is 0.297 e. The summed E-state index contributed by atoms with van der Waals surface area (Å²) >= 11 is 0. The molecular formula is C17H20O6S. The third-order valence-electron chi connectivity index (χ3n) is 3.48. The Morgan fingerprint density at radius 1 is 1.00 bits per heavy atom. The van der Waals surface area contributed by atoms with Crippen LogP contribution in [0.25, 0.3) is 0 Å². The molecule has 0 radical (unpaired) electrons. The number of hydrogen-bond donors (Lipinski definition) is 1. The number of hydrogen-bond acceptors (Lipinski definition) is 6. The number of methoxy groups -OCH3 is 2. The maximum absolute atomic E-state index is 12.1. The smallest absolute Gasteiger partial charge is 0.297 e. The number of ether oxygens (including phenoxy) is 2. The zero-order valence-electron chi connectivity index (χ0n) is 13.7. The molecule has 0 fully saturated rings. The summed E-state index contributed by atoms with van der Waals surface area (Å²) in [6.07, 6.45) is -1.12. The van der Waals surface area contributed by atoms with Gasteiger partial charge in [0.15, 0.2) is 11.5 Å². The molecule has 0 aliphatic carbocycles. The van der Waals surface area contributed by atoms with Crippen molar-refractivity contribution in [1.82, 2.24) is 0 Å². The fourth-order valence-corrected chi connectivity index (χ4v) is 3.00. The van der Waals surface area contributed by atoms with Crippen LogP contribution in [0.1, 0.15) is 17.2 Å². The second kappa shape index (κ2) is 7.65. The summed E-state index contributed by atoms with van der Waals surface area (Å²) in [6, 6.07) is 11.1. The highest BCUT2D eigenvalue weighted by Gasteiger charge is 2.19.